The third kappa shape index (κ3) is 4.01. The van der Waals surface area contributed by atoms with E-state index in [-0.39, 0.29) is 5.78 Å². The van der Waals surface area contributed by atoms with Crippen molar-refractivity contribution in [1.82, 2.24) is 9.97 Å². The number of rotatable bonds is 7. The topological polar surface area (TPSA) is 96.6 Å². The van der Waals surface area contributed by atoms with E-state index in [1.54, 1.807) is 45.7 Å². The van der Waals surface area contributed by atoms with Crippen LogP contribution in [0.2, 0.25) is 0 Å². The molecular weight excluding hydrogens is 474 g/mol. The molecule has 3 heterocycles. The lowest BCUT2D eigenvalue weighted by Crippen LogP contribution is -2.04. The molecule has 0 amide bonds. The fraction of sp³-hybridized carbons (Fsp3) is 0.107. The standard InChI is InChI=1S/C28H23N3O4S/c1-33-21-13-17(14-22(34-2)26(21)35-3)18-15-20(16-9-5-4-6-10-16)31-28-23(18)24(29)27(36-28)25(32)19-11-7-8-12-30-19/h4-15H,29H2,1-3H3. The highest BCUT2D eigenvalue weighted by atomic mass is 32.1. The summed E-state index contributed by atoms with van der Waals surface area (Å²) in [5, 5.41) is 0.688. The number of carbonyl (C=O) groups is 1. The van der Waals surface area contributed by atoms with Gasteiger partial charge in [0, 0.05) is 17.1 Å². The largest absolute Gasteiger partial charge is 0.493 e. The van der Waals surface area contributed by atoms with Gasteiger partial charge in [0.2, 0.25) is 11.5 Å². The molecule has 0 aliphatic rings. The van der Waals surface area contributed by atoms with Gasteiger partial charge in [-0.3, -0.25) is 9.78 Å². The highest BCUT2D eigenvalue weighted by Crippen LogP contribution is 2.46. The van der Waals surface area contributed by atoms with E-state index in [0.29, 0.717) is 43.7 Å². The van der Waals surface area contributed by atoms with Gasteiger partial charge in [0.25, 0.3) is 0 Å². The van der Waals surface area contributed by atoms with Crippen LogP contribution in [-0.2, 0) is 0 Å². The Morgan fingerprint density at radius 3 is 2.17 bits per heavy atom. The van der Waals surface area contributed by atoms with Gasteiger partial charge in [-0.1, -0.05) is 36.4 Å². The minimum absolute atomic E-state index is 0.242. The van der Waals surface area contributed by atoms with E-state index in [9.17, 15) is 4.79 Å². The maximum atomic E-state index is 13.3. The summed E-state index contributed by atoms with van der Waals surface area (Å²) in [5.74, 6) is 1.27. The number of hydrogen-bond acceptors (Lipinski definition) is 8. The van der Waals surface area contributed by atoms with E-state index in [2.05, 4.69) is 4.98 Å². The third-order valence-electron chi connectivity index (χ3n) is 5.85. The summed E-state index contributed by atoms with van der Waals surface area (Å²) >= 11 is 1.26. The number of nitrogens with zero attached hydrogens (tertiary/aromatic N) is 2. The second kappa shape index (κ2) is 9.67. The van der Waals surface area contributed by atoms with Gasteiger partial charge >= 0.3 is 0 Å². The minimum atomic E-state index is -0.242. The first-order chi connectivity index (χ1) is 17.5. The maximum Gasteiger partial charge on any atom is 0.223 e. The molecule has 5 aromatic rings. The van der Waals surface area contributed by atoms with Crippen LogP contribution in [0.3, 0.4) is 0 Å². The van der Waals surface area contributed by atoms with Crippen molar-refractivity contribution in [2.24, 2.45) is 0 Å². The Kier molecular flexibility index (Phi) is 6.26. The number of hydrogen-bond donors (Lipinski definition) is 1. The average Bonchev–Trinajstić information content (AvgIpc) is 3.28. The smallest absolute Gasteiger partial charge is 0.223 e. The Morgan fingerprint density at radius 2 is 1.56 bits per heavy atom. The van der Waals surface area contributed by atoms with Gasteiger partial charge in [-0.2, -0.15) is 0 Å². The summed E-state index contributed by atoms with van der Waals surface area (Å²) in [6, 6.07) is 20.8. The number of carbonyl (C=O) groups excluding carboxylic acids is 1. The van der Waals surface area contributed by atoms with Crippen LogP contribution in [0.25, 0.3) is 32.6 Å². The number of methoxy groups -OCH3 is 3. The lowest BCUT2D eigenvalue weighted by Gasteiger charge is -2.15. The first-order valence-corrected chi connectivity index (χ1v) is 11.9. The zero-order valence-electron chi connectivity index (χ0n) is 19.9. The minimum Gasteiger partial charge on any atom is -0.493 e. The lowest BCUT2D eigenvalue weighted by atomic mass is 9.98. The quantitative estimate of drug-likeness (QED) is 0.281. The number of aromatic nitrogens is 2. The van der Waals surface area contributed by atoms with Gasteiger partial charge in [-0.05, 0) is 41.5 Å². The molecule has 5 rings (SSSR count). The molecule has 0 fully saturated rings. The number of nitrogens with two attached hydrogens (primary N) is 1. The van der Waals surface area contributed by atoms with Gasteiger partial charge in [-0.15, -0.1) is 11.3 Å². The van der Waals surface area contributed by atoms with Crippen molar-refractivity contribution < 1.29 is 19.0 Å². The van der Waals surface area contributed by atoms with E-state index in [0.717, 1.165) is 22.4 Å². The SMILES string of the molecule is COc1cc(-c2cc(-c3ccccc3)nc3sc(C(=O)c4ccccn4)c(N)c23)cc(OC)c1OC. The number of pyridine rings is 2. The van der Waals surface area contributed by atoms with E-state index in [1.807, 2.05) is 48.5 Å². The molecule has 0 saturated heterocycles. The summed E-state index contributed by atoms with van der Waals surface area (Å²) in [4.78, 5) is 23.5. The van der Waals surface area contributed by atoms with E-state index in [1.165, 1.54) is 11.3 Å². The molecule has 0 aliphatic carbocycles. The number of benzene rings is 2. The number of thiophene rings is 1. The molecule has 0 radical (unpaired) electrons. The second-order valence-electron chi connectivity index (χ2n) is 7.90. The van der Waals surface area contributed by atoms with Crippen molar-refractivity contribution in [2.45, 2.75) is 0 Å². The second-order valence-corrected chi connectivity index (χ2v) is 8.90. The number of ether oxygens (including phenoxy) is 3. The van der Waals surface area contributed by atoms with Gasteiger partial charge in [0.15, 0.2) is 11.5 Å². The molecule has 180 valence electrons. The van der Waals surface area contributed by atoms with Crippen molar-refractivity contribution in [3.05, 3.63) is 83.5 Å². The zero-order valence-corrected chi connectivity index (χ0v) is 20.8. The predicted octanol–water partition coefficient (Wildman–Crippen LogP) is 5.86. The summed E-state index contributed by atoms with van der Waals surface area (Å²) in [6.07, 6.45) is 1.59. The van der Waals surface area contributed by atoms with E-state index >= 15 is 0 Å². The monoisotopic (exact) mass is 497 g/mol. The lowest BCUT2D eigenvalue weighted by molar-refractivity contribution is 0.103. The Labute approximate surface area is 212 Å². The predicted molar refractivity (Wildman–Crippen MR) is 142 cm³/mol. The third-order valence-corrected chi connectivity index (χ3v) is 6.95. The molecule has 0 spiro atoms. The highest BCUT2D eigenvalue weighted by molar-refractivity contribution is 7.21. The van der Waals surface area contributed by atoms with Gasteiger partial charge in [0.1, 0.15) is 15.4 Å². The number of nitrogen functional groups attached to an aromatic ring is 1. The molecule has 3 aromatic heterocycles. The first kappa shape index (κ1) is 23.3. The normalized spacial score (nSPS) is 10.9. The summed E-state index contributed by atoms with van der Waals surface area (Å²) in [6.45, 7) is 0. The number of ketones is 1. The highest BCUT2D eigenvalue weighted by Gasteiger charge is 2.24. The Morgan fingerprint density at radius 1 is 0.861 bits per heavy atom. The summed E-state index contributed by atoms with van der Waals surface area (Å²) in [7, 11) is 4.70. The van der Waals surface area contributed by atoms with Crippen LogP contribution < -0.4 is 19.9 Å². The first-order valence-electron chi connectivity index (χ1n) is 11.1. The molecule has 2 aromatic carbocycles. The van der Waals surface area contributed by atoms with Crippen LogP contribution in [0, 0.1) is 0 Å². The molecule has 0 unspecified atom stereocenters. The zero-order chi connectivity index (χ0) is 25.2. The van der Waals surface area contributed by atoms with E-state index < -0.39 is 0 Å². The molecule has 0 atom stereocenters. The van der Waals surface area contributed by atoms with Crippen LogP contribution >= 0.6 is 11.3 Å². The van der Waals surface area contributed by atoms with Crippen molar-refractivity contribution in [3.63, 3.8) is 0 Å². The van der Waals surface area contributed by atoms with Crippen LogP contribution in [0.15, 0.2) is 72.9 Å². The van der Waals surface area contributed by atoms with Crippen molar-refractivity contribution in [2.75, 3.05) is 27.1 Å². The van der Waals surface area contributed by atoms with E-state index in [4.69, 9.17) is 24.9 Å². The van der Waals surface area contributed by atoms with Gasteiger partial charge in [-0.25, -0.2) is 4.98 Å². The Bertz CT molecular complexity index is 1540. The summed E-state index contributed by atoms with van der Waals surface area (Å²) in [5.41, 5.74) is 10.6. The van der Waals surface area contributed by atoms with Crippen LogP contribution in [0.5, 0.6) is 17.2 Å². The summed E-state index contributed by atoms with van der Waals surface area (Å²) < 4.78 is 16.7. The van der Waals surface area contributed by atoms with Crippen LogP contribution in [0.1, 0.15) is 15.4 Å². The number of fused-ring (bicyclic) bond motifs is 1. The van der Waals surface area contributed by atoms with Gasteiger partial charge < -0.3 is 19.9 Å². The Balaban J connectivity index is 1.80. The molecule has 0 aliphatic heterocycles. The van der Waals surface area contributed by atoms with Crippen molar-refractivity contribution in [1.29, 1.82) is 0 Å². The average molecular weight is 498 g/mol. The fourth-order valence-electron chi connectivity index (χ4n) is 4.12. The molecular formula is C28H23N3O4S. The van der Waals surface area contributed by atoms with Crippen LogP contribution in [0.4, 0.5) is 5.69 Å². The molecule has 36 heavy (non-hydrogen) atoms. The van der Waals surface area contributed by atoms with Crippen LogP contribution in [-0.4, -0.2) is 37.1 Å². The maximum absolute atomic E-state index is 13.3. The van der Waals surface area contributed by atoms with Crippen molar-refractivity contribution in [3.8, 4) is 39.6 Å². The van der Waals surface area contributed by atoms with Gasteiger partial charge in [0.05, 0.1) is 32.7 Å². The molecule has 7 nitrogen and oxygen atoms in total. The molecule has 8 heteroatoms. The molecule has 2 N–H and O–H groups in total. The molecule has 0 saturated carbocycles. The molecule has 0 bridgehead atoms. The fourth-order valence-corrected chi connectivity index (χ4v) is 5.19. The van der Waals surface area contributed by atoms with Crippen molar-refractivity contribution >= 4 is 33.0 Å². The number of anilines is 1. The Hall–Kier alpha value is -4.43.